The molecule has 0 spiro atoms. The second-order valence-electron chi connectivity index (χ2n) is 3.45. The Balaban J connectivity index is 2.19. The molecular formula is C10H13N3O. The number of hydrogen-bond donors (Lipinski definition) is 1. The number of nitrogens with zero attached hydrogens (tertiary/aromatic N) is 3. The Morgan fingerprint density at radius 1 is 1.57 bits per heavy atom. The minimum atomic E-state index is -0.271. The van der Waals surface area contributed by atoms with Crippen molar-refractivity contribution in [2.24, 2.45) is 0 Å². The molecule has 0 aromatic carbocycles. The van der Waals surface area contributed by atoms with Gasteiger partial charge in [0.05, 0.1) is 11.8 Å². The van der Waals surface area contributed by atoms with E-state index in [4.69, 9.17) is 5.11 Å². The molecule has 0 unspecified atom stereocenters. The summed E-state index contributed by atoms with van der Waals surface area (Å²) in [6, 6.07) is 3.79. The van der Waals surface area contributed by atoms with Crippen LogP contribution < -0.4 is 0 Å². The fourth-order valence-corrected chi connectivity index (χ4v) is 1.36. The monoisotopic (exact) mass is 191 g/mol. The minimum Gasteiger partial charge on any atom is -0.393 e. The maximum atomic E-state index is 9.14. The van der Waals surface area contributed by atoms with Crippen LogP contribution in [0, 0.1) is 0 Å². The van der Waals surface area contributed by atoms with Crippen molar-refractivity contribution in [2.45, 2.75) is 25.9 Å². The second-order valence-corrected chi connectivity index (χ2v) is 3.45. The summed E-state index contributed by atoms with van der Waals surface area (Å²) in [5.41, 5.74) is 1.83. The van der Waals surface area contributed by atoms with Crippen molar-refractivity contribution in [3.8, 4) is 0 Å². The summed E-state index contributed by atoms with van der Waals surface area (Å²) in [5, 5.41) is 13.5. The van der Waals surface area contributed by atoms with Crippen LogP contribution in [0.25, 0.3) is 5.65 Å². The zero-order chi connectivity index (χ0) is 9.97. The first kappa shape index (κ1) is 9.15. The fraction of sp³-hybridized carbons (Fsp3) is 0.400. The number of hydrogen-bond acceptors (Lipinski definition) is 3. The van der Waals surface area contributed by atoms with Crippen LogP contribution in [-0.2, 0) is 6.42 Å². The summed E-state index contributed by atoms with van der Waals surface area (Å²) in [5.74, 6) is 0. The van der Waals surface area contributed by atoms with Crippen molar-refractivity contribution in [3.05, 3.63) is 30.2 Å². The normalized spacial score (nSPS) is 13.3. The summed E-state index contributed by atoms with van der Waals surface area (Å²) in [6.45, 7) is 1.79. The lowest BCUT2D eigenvalue weighted by atomic mass is 10.2. The zero-order valence-corrected chi connectivity index (χ0v) is 8.09. The van der Waals surface area contributed by atoms with Crippen LogP contribution in [0.2, 0.25) is 0 Å². The van der Waals surface area contributed by atoms with E-state index in [9.17, 15) is 0 Å². The number of aliphatic hydroxyl groups is 1. The maximum Gasteiger partial charge on any atom is 0.155 e. The molecule has 2 rings (SSSR count). The number of rotatable bonds is 3. The Morgan fingerprint density at radius 2 is 2.43 bits per heavy atom. The third-order valence-electron chi connectivity index (χ3n) is 2.11. The van der Waals surface area contributed by atoms with Crippen LogP contribution >= 0.6 is 0 Å². The van der Waals surface area contributed by atoms with Gasteiger partial charge >= 0.3 is 0 Å². The lowest BCUT2D eigenvalue weighted by Gasteiger charge is -1.99. The van der Waals surface area contributed by atoms with Crippen molar-refractivity contribution in [1.82, 2.24) is 14.6 Å². The Morgan fingerprint density at radius 3 is 3.14 bits per heavy atom. The molecule has 74 valence electrons. The first-order valence-electron chi connectivity index (χ1n) is 4.73. The molecule has 2 heterocycles. The topological polar surface area (TPSA) is 50.4 Å². The van der Waals surface area contributed by atoms with Gasteiger partial charge in [0.25, 0.3) is 0 Å². The number of fused-ring (bicyclic) bond motifs is 1. The smallest absolute Gasteiger partial charge is 0.155 e. The van der Waals surface area contributed by atoms with E-state index in [1.807, 2.05) is 18.3 Å². The molecule has 14 heavy (non-hydrogen) atoms. The van der Waals surface area contributed by atoms with Crippen LogP contribution in [0.1, 0.15) is 19.0 Å². The molecule has 4 heteroatoms. The summed E-state index contributed by atoms with van der Waals surface area (Å²) in [7, 11) is 0. The van der Waals surface area contributed by atoms with Gasteiger partial charge in [0.15, 0.2) is 5.65 Å². The Hall–Kier alpha value is -1.42. The van der Waals surface area contributed by atoms with Crippen molar-refractivity contribution in [2.75, 3.05) is 0 Å². The van der Waals surface area contributed by atoms with Crippen LogP contribution in [0.15, 0.2) is 24.5 Å². The van der Waals surface area contributed by atoms with E-state index in [0.717, 1.165) is 24.2 Å². The van der Waals surface area contributed by atoms with Crippen LogP contribution in [0.3, 0.4) is 0 Å². The average Bonchev–Trinajstić information content (AvgIpc) is 2.57. The minimum absolute atomic E-state index is 0.271. The van der Waals surface area contributed by atoms with E-state index in [0.29, 0.717) is 0 Å². The molecule has 0 saturated heterocycles. The van der Waals surface area contributed by atoms with Gasteiger partial charge in [0.2, 0.25) is 0 Å². The van der Waals surface area contributed by atoms with Gasteiger partial charge in [-0.05, 0) is 25.8 Å². The zero-order valence-electron chi connectivity index (χ0n) is 8.09. The quantitative estimate of drug-likeness (QED) is 0.788. The van der Waals surface area contributed by atoms with Crippen LogP contribution in [0.4, 0.5) is 0 Å². The molecule has 2 aromatic rings. The summed E-state index contributed by atoms with van der Waals surface area (Å²) in [4.78, 5) is 4.17. The second kappa shape index (κ2) is 3.75. The van der Waals surface area contributed by atoms with Crippen molar-refractivity contribution >= 4 is 5.65 Å². The highest BCUT2D eigenvalue weighted by Gasteiger charge is 2.03. The fourth-order valence-electron chi connectivity index (χ4n) is 1.36. The van der Waals surface area contributed by atoms with Gasteiger partial charge < -0.3 is 5.11 Å². The van der Waals surface area contributed by atoms with Crippen molar-refractivity contribution in [3.63, 3.8) is 0 Å². The van der Waals surface area contributed by atoms with Crippen molar-refractivity contribution in [1.29, 1.82) is 0 Å². The Bertz CT molecular complexity index is 389. The van der Waals surface area contributed by atoms with Gasteiger partial charge in [-0.3, -0.25) is 0 Å². The molecule has 0 aliphatic carbocycles. The molecule has 2 aromatic heterocycles. The van der Waals surface area contributed by atoms with E-state index in [-0.39, 0.29) is 6.10 Å². The van der Waals surface area contributed by atoms with Gasteiger partial charge in [-0.1, -0.05) is 0 Å². The highest BCUT2D eigenvalue weighted by atomic mass is 16.3. The average molecular weight is 191 g/mol. The molecular weight excluding hydrogens is 178 g/mol. The summed E-state index contributed by atoms with van der Waals surface area (Å²) in [6.07, 6.45) is 4.88. The van der Waals surface area contributed by atoms with Gasteiger partial charge in [-0.25, -0.2) is 9.50 Å². The molecule has 0 radical (unpaired) electrons. The first-order valence-corrected chi connectivity index (χ1v) is 4.73. The SMILES string of the molecule is C[C@H](O)CCc1cc2ncccn2n1. The van der Waals surface area contributed by atoms with E-state index in [1.54, 1.807) is 17.6 Å². The standard InChI is InChI=1S/C10H13N3O/c1-8(14)3-4-9-7-10-11-5-2-6-13(10)12-9/h2,5-8,14H,3-4H2,1H3/t8-/m0/s1. The molecule has 4 nitrogen and oxygen atoms in total. The highest BCUT2D eigenvalue weighted by molar-refractivity contribution is 5.38. The molecule has 0 aliphatic rings. The highest BCUT2D eigenvalue weighted by Crippen LogP contribution is 2.06. The van der Waals surface area contributed by atoms with Gasteiger partial charge in [0.1, 0.15) is 0 Å². The van der Waals surface area contributed by atoms with Gasteiger partial charge in [-0.2, -0.15) is 5.10 Å². The maximum absolute atomic E-state index is 9.14. The number of aromatic nitrogens is 3. The van der Waals surface area contributed by atoms with Crippen LogP contribution in [-0.4, -0.2) is 25.8 Å². The van der Waals surface area contributed by atoms with Gasteiger partial charge in [0, 0.05) is 18.5 Å². The van der Waals surface area contributed by atoms with E-state index >= 15 is 0 Å². The summed E-state index contributed by atoms with van der Waals surface area (Å²) >= 11 is 0. The van der Waals surface area contributed by atoms with E-state index in [2.05, 4.69) is 10.1 Å². The predicted molar refractivity (Wildman–Crippen MR) is 53.0 cm³/mol. The van der Waals surface area contributed by atoms with E-state index < -0.39 is 0 Å². The molecule has 0 saturated carbocycles. The molecule has 0 amide bonds. The molecule has 1 N–H and O–H groups in total. The lowest BCUT2D eigenvalue weighted by Crippen LogP contribution is -2.01. The largest absolute Gasteiger partial charge is 0.393 e. The third-order valence-corrected chi connectivity index (χ3v) is 2.11. The van der Waals surface area contributed by atoms with E-state index in [1.165, 1.54) is 0 Å². The van der Waals surface area contributed by atoms with Gasteiger partial charge in [-0.15, -0.1) is 0 Å². The van der Waals surface area contributed by atoms with Crippen LogP contribution in [0.5, 0.6) is 0 Å². The number of aliphatic hydroxyl groups excluding tert-OH is 1. The Kier molecular flexibility index (Phi) is 2.45. The molecule has 0 bridgehead atoms. The molecule has 0 aliphatic heterocycles. The number of aryl methyl sites for hydroxylation is 1. The first-order chi connectivity index (χ1) is 6.75. The Labute approximate surface area is 82.2 Å². The molecule has 1 atom stereocenters. The predicted octanol–water partition coefficient (Wildman–Crippen LogP) is 1.04. The van der Waals surface area contributed by atoms with Crippen molar-refractivity contribution < 1.29 is 5.11 Å². The summed E-state index contributed by atoms with van der Waals surface area (Å²) < 4.78 is 1.75. The molecule has 0 fully saturated rings. The lowest BCUT2D eigenvalue weighted by molar-refractivity contribution is 0.184. The third kappa shape index (κ3) is 1.90.